The first-order chi connectivity index (χ1) is 24.0. The number of nitrogens with zero attached hydrogens (tertiary/aromatic N) is 4. The highest BCUT2D eigenvalue weighted by molar-refractivity contribution is 7.18. The van der Waals surface area contributed by atoms with E-state index in [0.29, 0.717) is 35.6 Å². The smallest absolute Gasteiger partial charge is 0.407 e. The number of nitrogens with one attached hydrogen (secondary N) is 1. The molecule has 50 heavy (non-hydrogen) atoms. The van der Waals surface area contributed by atoms with Gasteiger partial charge in [0.25, 0.3) is 5.91 Å². The molecule has 0 radical (unpaired) electrons. The molecule has 262 valence electrons. The maximum atomic E-state index is 14.9. The fraction of sp³-hybridized carbons (Fsp3) is 0.474. The Hall–Kier alpha value is -4.31. The molecule has 1 unspecified atom stereocenters. The van der Waals surface area contributed by atoms with Crippen LogP contribution in [0.15, 0.2) is 48.7 Å². The normalized spacial score (nSPS) is 20.3. The number of halogens is 1. The molecule has 2 atom stereocenters. The average Bonchev–Trinajstić information content (AvgIpc) is 3.48. The molecule has 1 N–H and O–H groups in total. The van der Waals surface area contributed by atoms with Crippen LogP contribution < -0.4 is 5.32 Å². The van der Waals surface area contributed by atoms with Crippen molar-refractivity contribution in [2.45, 2.75) is 95.8 Å². The van der Waals surface area contributed by atoms with E-state index in [9.17, 15) is 19.2 Å². The molecule has 2 aromatic heterocycles. The molecule has 1 aliphatic carbocycles. The van der Waals surface area contributed by atoms with Crippen LogP contribution in [0, 0.1) is 17.1 Å². The van der Waals surface area contributed by atoms with Gasteiger partial charge in [0.1, 0.15) is 17.5 Å². The molecule has 7 rings (SSSR count). The lowest BCUT2D eigenvalue weighted by Gasteiger charge is -2.33. The number of fused-ring (bicyclic) bond motifs is 1. The van der Waals surface area contributed by atoms with Crippen molar-refractivity contribution < 1.29 is 28.2 Å². The van der Waals surface area contributed by atoms with Crippen molar-refractivity contribution in [2.24, 2.45) is 0 Å². The summed E-state index contributed by atoms with van der Waals surface area (Å²) in [5, 5.41) is 18.0. The van der Waals surface area contributed by atoms with Crippen molar-refractivity contribution in [2.75, 3.05) is 19.7 Å². The Bertz CT molecular complexity index is 1950. The molecule has 3 fully saturated rings. The molecule has 2 amide bonds. The molecule has 3 aliphatic rings. The van der Waals surface area contributed by atoms with Gasteiger partial charge in [-0.1, -0.05) is 12.1 Å². The van der Waals surface area contributed by atoms with Crippen molar-refractivity contribution in [3.05, 3.63) is 64.9 Å². The van der Waals surface area contributed by atoms with E-state index in [4.69, 9.17) is 19.3 Å². The number of alkyl carbamates (subject to hydrolysis) is 1. The maximum Gasteiger partial charge on any atom is 0.407 e. The van der Waals surface area contributed by atoms with Crippen LogP contribution in [0.25, 0.3) is 32.5 Å². The van der Waals surface area contributed by atoms with Crippen LogP contribution in [0.5, 0.6) is 0 Å². The molecular formula is C38H42FN5O5S. The zero-order chi connectivity index (χ0) is 35.0. The summed E-state index contributed by atoms with van der Waals surface area (Å²) in [6.45, 7) is 7.73. The largest absolute Gasteiger partial charge is 0.444 e. The number of likely N-dealkylation sites (tertiary alicyclic amines) is 1. The van der Waals surface area contributed by atoms with Crippen LogP contribution >= 0.6 is 11.3 Å². The molecule has 2 aliphatic heterocycles. The summed E-state index contributed by atoms with van der Waals surface area (Å²) in [6.07, 6.45) is 7.90. The predicted molar refractivity (Wildman–Crippen MR) is 188 cm³/mol. The first-order valence-electron chi connectivity index (χ1n) is 17.4. The molecule has 10 nitrogen and oxygen atoms in total. The number of nitriles is 1. The SMILES string of the molecule is CC(C)(C)OC(=O)N[C@@H]1CCCN(C(=O)c2cc(-c3ccc(C#N)c(F)c3)c(-c3ccc4nn(CC5(OC6CCCCO6)CC5)cc4c3)s2)C1. The van der Waals surface area contributed by atoms with Crippen molar-refractivity contribution in [3.8, 4) is 27.6 Å². The van der Waals surface area contributed by atoms with Gasteiger partial charge in [-0.3, -0.25) is 9.48 Å². The van der Waals surface area contributed by atoms with Crippen LogP contribution in [0.3, 0.4) is 0 Å². The highest BCUT2D eigenvalue weighted by Crippen LogP contribution is 2.44. The lowest BCUT2D eigenvalue weighted by molar-refractivity contribution is -0.200. The molecule has 0 bridgehead atoms. The number of thiophene rings is 1. The summed E-state index contributed by atoms with van der Waals surface area (Å²) in [5.41, 5.74) is 2.07. The third-order valence-corrected chi connectivity index (χ3v) is 10.5. The Balaban J connectivity index is 1.16. The Kier molecular flexibility index (Phi) is 9.41. The molecule has 0 spiro atoms. The van der Waals surface area contributed by atoms with Crippen LogP contribution in [0.1, 0.15) is 81.0 Å². The number of carbonyl (C=O) groups is 2. The van der Waals surface area contributed by atoms with E-state index in [1.54, 1.807) is 11.0 Å². The number of carbonyl (C=O) groups excluding carboxylic acids is 2. The van der Waals surface area contributed by atoms with Gasteiger partial charge in [0.05, 0.1) is 28.1 Å². The Morgan fingerprint density at radius 1 is 1.12 bits per heavy atom. The Labute approximate surface area is 295 Å². The fourth-order valence-corrected chi connectivity index (χ4v) is 7.88. The number of aromatic nitrogens is 2. The zero-order valence-electron chi connectivity index (χ0n) is 28.7. The van der Waals surface area contributed by atoms with Gasteiger partial charge in [-0.05, 0) is 107 Å². The number of piperidine rings is 1. The van der Waals surface area contributed by atoms with Crippen LogP contribution in [0.4, 0.5) is 9.18 Å². The minimum Gasteiger partial charge on any atom is -0.444 e. The van der Waals surface area contributed by atoms with Gasteiger partial charge in [0.2, 0.25) is 0 Å². The highest BCUT2D eigenvalue weighted by Gasteiger charge is 2.47. The number of hydrogen-bond acceptors (Lipinski definition) is 8. The van der Waals surface area contributed by atoms with Gasteiger partial charge in [-0.15, -0.1) is 11.3 Å². The minimum atomic E-state index is -0.623. The first kappa shape index (κ1) is 34.2. The number of amides is 2. The van der Waals surface area contributed by atoms with E-state index in [0.717, 1.165) is 72.9 Å². The Morgan fingerprint density at radius 2 is 1.94 bits per heavy atom. The fourth-order valence-electron chi connectivity index (χ4n) is 6.74. The van der Waals surface area contributed by atoms with Gasteiger partial charge in [0.15, 0.2) is 6.29 Å². The van der Waals surface area contributed by atoms with Crippen LogP contribution in [-0.2, 0) is 20.8 Å². The summed E-state index contributed by atoms with van der Waals surface area (Å²) in [4.78, 5) is 29.5. The van der Waals surface area contributed by atoms with E-state index in [1.165, 1.54) is 23.5 Å². The average molecular weight is 700 g/mol. The predicted octanol–water partition coefficient (Wildman–Crippen LogP) is 7.65. The highest BCUT2D eigenvalue weighted by atomic mass is 32.1. The van der Waals surface area contributed by atoms with E-state index in [-0.39, 0.29) is 29.4 Å². The summed E-state index contributed by atoms with van der Waals surface area (Å²) >= 11 is 1.35. The number of benzene rings is 2. The van der Waals surface area contributed by atoms with Crippen molar-refractivity contribution >= 4 is 34.2 Å². The summed E-state index contributed by atoms with van der Waals surface area (Å²) in [7, 11) is 0. The minimum absolute atomic E-state index is 0.0417. The number of rotatable bonds is 8. The second-order valence-electron chi connectivity index (χ2n) is 14.6. The molecule has 12 heteroatoms. The van der Waals surface area contributed by atoms with Crippen molar-refractivity contribution in [3.63, 3.8) is 0 Å². The summed E-state index contributed by atoms with van der Waals surface area (Å²) in [6, 6.07) is 14.0. The van der Waals surface area contributed by atoms with E-state index in [2.05, 4.69) is 11.4 Å². The van der Waals surface area contributed by atoms with Crippen molar-refractivity contribution in [1.29, 1.82) is 5.26 Å². The van der Waals surface area contributed by atoms with Crippen molar-refractivity contribution in [1.82, 2.24) is 20.0 Å². The van der Waals surface area contributed by atoms with Crippen LogP contribution in [0.2, 0.25) is 0 Å². The molecular weight excluding hydrogens is 658 g/mol. The lowest BCUT2D eigenvalue weighted by atomic mass is 10.00. The maximum absolute atomic E-state index is 14.9. The second kappa shape index (κ2) is 13.8. The zero-order valence-corrected chi connectivity index (χ0v) is 29.5. The van der Waals surface area contributed by atoms with Gasteiger partial charge in [-0.2, -0.15) is 10.4 Å². The van der Waals surface area contributed by atoms with E-state index < -0.39 is 17.5 Å². The second-order valence-corrected chi connectivity index (χ2v) is 15.6. The van der Waals surface area contributed by atoms with Gasteiger partial charge < -0.3 is 24.4 Å². The monoisotopic (exact) mass is 699 g/mol. The van der Waals surface area contributed by atoms with E-state index in [1.807, 2.05) is 55.9 Å². The number of ether oxygens (including phenoxy) is 3. The van der Waals surface area contributed by atoms with Crippen LogP contribution in [-0.4, -0.2) is 69.9 Å². The van der Waals surface area contributed by atoms with Gasteiger partial charge >= 0.3 is 6.09 Å². The quantitative estimate of drug-likeness (QED) is 0.201. The Morgan fingerprint density at radius 3 is 2.66 bits per heavy atom. The first-order valence-corrected chi connectivity index (χ1v) is 18.2. The molecule has 1 saturated carbocycles. The summed E-state index contributed by atoms with van der Waals surface area (Å²) in [5.74, 6) is -0.772. The molecule has 2 saturated heterocycles. The third kappa shape index (κ3) is 7.70. The molecule has 2 aromatic carbocycles. The third-order valence-electron chi connectivity index (χ3n) is 9.36. The molecule has 4 aromatic rings. The summed E-state index contributed by atoms with van der Waals surface area (Å²) < 4.78 is 34.5. The molecule has 4 heterocycles. The number of hydrogen-bond donors (Lipinski definition) is 1. The van der Waals surface area contributed by atoms with Gasteiger partial charge in [0, 0.05) is 47.8 Å². The standard InChI is InChI=1S/C38H42FN5O5S/c1-37(2,3)49-36(46)41-28-7-6-15-43(22-28)35(45)32-19-29(24-9-10-26(20-40)30(39)18-24)34(50-32)25-11-12-31-27(17-25)21-44(42-31)23-38(13-14-38)48-33-8-4-5-16-47-33/h9-12,17-19,21,28,33H,4-8,13-16,22-23H2,1-3H3,(H,41,46)/t28-,33?/m1/s1. The van der Waals surface area contributed by atoms with E-state index >= 15 is 0 Å². The van der Waals surface area contributed by atoms with Gasteiger partial charge in [-0.25, -0.2) is 9.18 Å². The topological polar surface area (TPSA) is 119 Å². The lowest BCUT2D eigenvalue weighted by Crippen LogP contribution is -2.50.